The molecule has 1 saturated carbocycles. The molecular formula is C31H29F4N3. The average Bonchev–Trinajstić information content (AvgIpc) is 3.76. The first-order valence-electron chi connectivity index (χ1n) is 12.7. The number of rotatable bonds is 9. The van der Waals surface area contributed by atoms with Gasteiger partial charge >= 0.3 is 6.18 Å². The number of hydrogen-bond acceptors (Lipinski definition) is 3. The molecule has 196 valence electrons. The van der Waals surface area contributed by atoms with E-state index in [-0.39, 0.29) is 0 Å². The number of hydrogen-bond donors (Lipinski definition) is 2. The summed E-state index contributed by atoms with van der Waals surface area (Å²) in [5, 5.41) is 3.16. The van der Waals surface area contributed by atoms with Crippen molar-refractivity contribution >= 4 is 5.69 Å². The van der Waals surface area contributed by atoms with Crippen LogP contribution in [0.4, 0.5) is 23.2 Å². The topological polar surface area (TPSA) is 50.9 Å². The van der Waals surface area contributed by atoms with Crippen molar-refractivity contribution in [2.24, 2.45) is 11.7 Å². The van der Waals surface area contributed by atoms with E-state index in [2.05, 4.69) is 10.3 Å². The zero-order valence-corrected chi connectivity index (χ0v) is 20.8. The molecule has 1 aromatic heterocycles. The lowest BCUT2D eigenvalue weighted by atomic mass is 9.80. The molecule has 0 radical (unpaired) electrons. The lowest BCUT2D eigenvalue weighted by Crippen LogP contribution is -2.38. The van der Waals surface area contributed by atoms with Crippen LogP contribution < -0.4 is 11.1 Å². The first kappa shape index (κ1) is 25.9. The average molecular weight is 520 g/mol. The van der Waals surface area contributed by atoms with Crippen LogP contribution in [0.25, 0.3) is 11.1 Å². The molecule has 0 bridgehead atoms. The second-order valence-electron chi connectivity index (χ2n) is 10.0. The number of aromatic nitrogens is 1. The van der Waals surface area contributed by atoms with Gasteiger partial charge in [0, 0.05) is 18.9 Å². The smallest absolute Gasteiger partial charge is 0.379 e. The molecule has 1 aliphatic rings. The molecule has 4 aromatic rings. The Morgan fingerprint density at radius 1 is 0.842 bits per heavy atom. The van der Waals surface area contributed by atoms with Crippen LogP contribution in [0.1, 0.15) is 47.9 Å². The van der Waals surface area contributed by atoms with Crippen molar-refractivity contribution in [3.05, 3.63) is 119 Å². The Hall–Kier alpha value is -3.71. The number of halogens is 4. The number of benzene rings is 3. The van der Waals surface area contributed by atoms with Crippen LogP contribution in [0.15, 0.2) is 91.3 Å². The molecule has 3 nitrogen and oxygen atoms in total. The SMILES string of the molecule is NC(CCC1CC1)(c1cccnc1)c1ccc(F)c(NCc2cccc(-c3cccc(C(F)(F)F)c3)c2)c1. The normalized spacial score (nSPS) is 15.2. The Labute approximate surface area is 219 Å². The molecule has 1 fully saturated rings. The van der Waals surface area contributed by atoms with E-state index in [9.17, 15) is 17.6 Å². The Kier molecular flexibility index (Phi) is 7.21. The van der Waals surface area contributed by atoms with Gasteiger partial charge in [0.2, 0.25) is 0 Å². The highest BCUT2D eigenvalue weighted by molar-refractivity contribution is 5.65. The van der Waals surface area contributed by atoms with Crippen LogP contribution in [0, 0.1) is 11.7 Å². The number of alkyl halides is 3. The quantitative estimate of drug-likeness (QED) is 0.221. The van der Waals surface area contributed by atoms with Crippen molar-refractivity contribution in [3.63, 3.8) is 0 Å². The minimum atomic E-state index is -4.41. The summed E-state index contributed by atoms with van der Waals surface area (Å²) in [6.45, 7) is 0.291. The summed E-state index contributed by atoms with van der Waals surface area (Å²) in [6, 6.07) is 21.2. The summed E-state index contributed by atoms with van der Waals surface area (Å²) < 4.78 is 54.4. The Bertz CT molecular complexity index is 1400. The van der Waals surface area contributed by atoms with Gasteiger partial charge in [-0.25, -0.2) is 4.39 Å². The molecule has 1 atom stereocenters. The second-order valence-corrected chi connectivity index (χ2v) is 10.0. The Morgan fingerprint density at radius 3 is 2.29 bits per heavy atom. The lowest BCUT2D eigenvalue weighted by molar-refractivity contribution is -0.137. The molecule has 0 aliphatic heterocycles. The second kappa shape index (κ2) is 10.6. The number of pyridine rings is 1. The molecule has 3 aromatic carbocycles. The maximum atomic E-state index is 14.9. The first-order valence-corrected chi connectivity index (χ1v) is 12.7. The fraction of sp³-hybridized carbons (Fsp3) is 0.258. The third-order valence-electron chi connectivity index (χ3n) is 7.24. The molecule has 1 aliphatic carbocycles. The number of nitrogens with two attached hydrogens (primary N) is 1. The third kappa shape index (κ3) is 5.89. The van der Waals surface area contributed by atoms with Crippen molar-refractivity contribution in [2.45, 2.75) is 43.9 Å². The van der Waals surface area contributed by atoms with Gasteiger partial charge in [-0.15, -0.1) is 0 Å². The largest absolute Gasteiger partial charge is 0.416 e. The highest BCUT2D eigenvalue weighted by Gasteiger charge is 2.33. The van der Waals surface area contributed by atoms with Gasteiger partial charge in [-0.3, -0.25) is 4.98 Å². The maximum Gasteiger partial charge on any atom is 0.416 e. The standard InChI is InChI=1S/C31H29F4N3/c32-28-12-11-25(30(36,14-13-21-9-10-21)27-8-3-15-37-20-27)18-29(28)38-19-22-4-1-5-23(16-22)24-6-2-7-26(17-24)31(33,34)35/h1-8,11-12,15-18,20-21,38H,9-10,13-14,19,36H2. The van der Waals surface area contributed by atoms with E-state index < -0.39 is 23.1 Å². The molecule has 1 heterocycles. The fourth-order valence-electron chi connectivity index (χ4n) is 4.79. The van der Waals surface area contributed by atoms with Gasteiger partial charge in [0.05, 0.1) is 16.8 Å². The number of anilines is 1. The van der Waals surface area contributed by atoms with Crippen LogP contribution in [-0.4, -0.2) is 4.98 Å². The number of nitrogens with zero attached hydrogens (tertiary/aromatic N) is 1. The maximum absolute atomic E-state index is 14.9. The molecule has 3 N–H and O–H groups in total. The molecule has 0 saturated heterocycles. The summed E-state index contributed by atoms with van der Waals surface area (Å²) >= 11 is 0. The van der Waals surface area contributed by atoms with Gasteiger partial charge in [-0.2, -0.15) is 13.2 Å². The third-order valence-corrected chi connectivity index (χ3v) is 7.24. The molecule has 0 amide bonds. The van der Waals surface area contributed by atoms with E-state index in [1.165, 1.54) is 25.0 Å². The van der Waals surface area contributed by atoms with Crippen molar-refractivity contribution in [1.82, 2.24) is 4.98 Å². The minimum absolute atomic E-state index is 0.291. The zero-order chi connectivity index (χ0) is 26.8. The Morgan fingerprint density at radius 2 is 1.58 bits per heavy atom. The van der Waals surface area contributed by atoms with Crippen LogP contribution in [0.5, 0.6) is 0 Å². The van der Waals surface area contributed by atoms with Gasteiger partial charge in [-0.05, 0) is 83.0 Å². The van der Waals surface area contributed by atoms with Crippen LogP contribution >= 0.6 is 0 Å². The lowest BCUT2D eigenvalue weighted by Gasteiger charge is -2.31. The van der Waals surface area contributed by atoms with Crippen molar-refractivity contribution in [2.75, 3.05) is 5.32 Å². The van der Waals surface area contributed by atoms with Crippen LogP contribution in [-0.2, 0) is 18.3 Å². The van der Waals surface area contributed by atoms with Gasteiger partial charge in [-0.1, -0.05) is 55.3 Å². The molecule has 5 rings (SSSR count). The zero-order valence-electron chi connectivity index (χ0n) is 20.8. The van der Waals surface area contributed by atoms with E-state index >= 15 is 0 Å². The van der Waals surface area contributed by atoms with E-state index in [0.717, 1.165) is 41.7 Å². The van der Waals surface area contributed by atoms with E-state index in [1.54, 1.807) is 42.7 Å². The molecular weight excluding hydrogens is 490 g/mol. The molecule has 1 unspecified atom stereocenters. The molecule has 38 heavy (non-hydrogen) atoms. The van der Waals surface area contributed by atoms with E-state index in [1.807, 2.05) is 24.3 Å². The van der Waals surface area contributed by atoms with Crippen molar-refractivity contribution in [3.8, 4) is 11.1 Å². The van der Waals surface area contributed by atoms with Crippen LogP contribution in [0.2, 0.25) is 0 Å². The monoisotopic (exact) mass is 519 g/mol. The van der Waals surface area contributed by atoms with E-state index in [4.69, 9.17) is 5.73 Å². The van der Waals surface area contributed by atoms with Crippen molar-refractivity contribution in [1.29, 1.82) is 0 Å². The predicted molar refractivity (Wildman–Crippen MR) is 142 cm³/mol. The summed E-state index contributed by atoms with van der Waals surface area (Å²) in [6.07, 6.45) is 3.22. The number of nitrogens with one attached hydrogen (secondary N) is 1. The molecule has 0 spiro atoms. The minimum Gasteiger partial charge on any atom is -0.379 e. The fourth-order valence-corrected chi connectivity index (χ4v) is 4.79. The highest BCUT2D eigenvalue weighted by atomic mass is 19.4. The van der Waals surface area contributed by atoms with Gasteiger partial charge in [0.1, 0.15) is 5.82 Å². The van der Waals surface area contributed by atoms with Crippen LogP contribution in [0.3, 0.4) is 0 Å². The predicted octanol–water partition coefficient (Wildman–Crippen LogP) is 7.91. The van der Waals surface area contributed by atoms with Gasteiger partial charge < -0.3 is 11.1 Å². The summed E-state index contributed by atoms with van der Waals surface area (Å²) in [7, 11) is 0. The summed E-state index contributed by atoms with van der Waals surface area (Å²) in [5.41, 5.74) is 9.43. The summed E-state index contributed by atoms with van der Waals surface area (Å²) in [4.78, 5) is 4.25. The van der Waals surface area contributed by atoms with Crippen molar-refractivity contribution < 1.29 is 17.6 Å². The Balaban J connectivity index is 1.38. The summed E-state index contributed by atoms with van der Waals surface area (Å²) in [5.74, 6) is 0.287. The molecule has 7 heteroatoms. The van der Waals surface area contributed by atoms with Gasteiger partial charge in [0.15, 0.2) is 0 Å². The first-order chi connectivity index (χ1) is 18.2. The van der Waals surface area contributed by atoms with E-state index in [0.29, 0.717) is 29.3 Å². The highest BCUT2D eigenvalue weighted by Crippen LogP contribution is 2.40. The van der Waals surface area contributed by atoms with Gasteiger partial charge in [0.25, 0.3) is 0 Å².